The lowest BCUT2D eigenvalue weighted by atomic mass is 10.2. The van der Waals surface area contributed by atoms with Crippen molar-refractivity contribution in [3.63, 3.8) is 0 Å². The van der Waals surface area contributed by atoms with Gasteiger partial charge in [-0.3, -0.25) is 4.79 Å². The molecule has 0 unspecified atom stereocenters. The van der Waals surface area contributed by atoms with Gasteiger partial charge in [0.1, 0.15) is 11.6 Å². The van der Waals surface area contributed by atoms with Gasteiger partial charge in [-0.15, -0.1) is 0 Å². The molecule has 1 aliphatic heterocycles. The van der Waals surface area contributed by atoms with Gasteiger partial charge >= 0.3 is 0 Å². The van der Waals surface area contributed by atoms with E-state index in [9.17, 15) is 4.79 Å². The number of hydrogen-bond donors (Lipinski definition) is 1. The summed E-state index contributed by atoms with van der Waals surface area (Å²) in [7, 11) is 0. The van der Waals surface area contributed by atoms with Crippen LogP contribution in [0.3, 0.4) is 0 Å². The third kappa shape index (κ3) is 3.69. The molecule has 0 fully saturated rings. The first-order valence-electron chi connectivity index (χ1n) is 9.50. The molecule has 5 heteroatoms. The molecular formula is C23H23N3O2. The second-order valence-corrected chi connectivity index (χ2v) is 7.05. The Balaban J connectivity index is 1.50. The number of fused-ring (bicyclic) bond motifs is 1. The second-order valence-electron chi connectivity index (χ2n) is 7.05. The largest absolute Gasteiger partial charge is 0.489 e. The van der Waals surface area contributed by atoms with E-state index in [1.807, 2.05) is 56.3 Å². The van der Waals surface area contributed by atoms with Gasteiger partial charge < -0.3 is 15.0 Å². The highest BCUT2D eigenvalue weighted by molar-refractivity contribution is 6.05. The first-order valence-corrected chi connectivity index (χ1v) is 9.50. The summed E-state index contributed by atoms with van der Waals surface area (Å²) < 4.78 is 5.76. The first-order chi connectivity index (χ1) is 13.6. The minimum atomic E-state index is -0.208. The van der Waals surface area contributed by atoms with Crippen LogP contribution < -0.4 is 15.0 Å². The lowest BCUT2D eigenvalue weighted by Crippen LogP contribution is -2.17. The van der Waals surface area contributed by atoms with Gasteiger partial charge in [0.05, 0.1) is 17.4 Å². The van der Waals surface area contributed by atoms with Crippen molar-refractivity contribution >= 4 is 23.1 Å². The summed E-state index contributed by atoms with van der Waals surface area (Å²) in [6.45, 7) is 4.81. The summed E-state index contributed by atoms with van der Waals surface area (Å²) in [6, 6.07) is 19.5. The van der Waals surface area contributed by atoms with E-state index in [-0.39, 0.29) is 12.0 Å². The summed E-state index contributed by atoms with van der Waals surface area (Å²) in [5, 5.41) is 2.92. The fraction of sp³-hybridized carbons (Fsp3) is 0.217. The zero-order chi connectivity index (χ0) is 19.5. The van der Waals surface area contributed by atoms with E-state index in [1.54, 1.807) is 6.20 Å². The van der Waals surface area contributed by atoms with Gasteiger partial charge in [-0.1, -0.05) is 30.3 Å². The molecule has 2 aromatic carbocycles. The van der Waals surface area contributed by atoms with Crippen molar-refractivity contribution in [2.45, 2.75) is 26.4 Å². The molecule has 0 saturated heterocycles. The van der Waals surface area contributed by atoms with Gasteiger partial charge in [0, 0.05) is 18.4 Å². The fourth-order valence-corrected chi connectivity index (χ4v) is 3.38. The van der Waals surface area contributed by atoms with Crippen molar-refractivity contribution < 1.29 is 9.53 Å². The molecule has 0 atom stereocenters. The van der Waals surface area contributed by atoms with E-state index >= 15 is 0 Å². The fourth-order valence-electron chi connectivity index (χ4n) is 3.38. The van der Waals surface area contributed by atoms with Gasteiger partial charge in [0.2, 0.25) is 0 Å². The minimum Gasteiger partial charge on any atom is -0.489 e. The van der Waals surface area contributed by atoms with Crippen LogP contribution in [0.15, 0.2) is 66.9 Å². The van der Waals surface area contributed by atoms with Crippen molar-refractivity contribution in [3.8, 4) is 5.75 Å². The van der Waals surface area contributed by atoms with Crippen molar-refractivity contribution in [3.05, 3.63) is 78.0 Å². The Labute approximate surface area is 165 Å². The summed E-state index contributed by atoms with van der Waals surface area (Å²) in [5.74, 6) is 1.30. The summed E-state index contributed by atoms with van der Waals surface area (Å²) >= 11 is 0. The minimum absolute atomic E-state index is 0.0299. The molecule has 1 amide bonds. The molecule has 1 N–H and O–H groups in total. The van der Waals surface area contributed by atoms with Crippen molar-refractivity contribution in [2.24, 2.45) is 0 Å². The Morgan fingerprint density at radius 1 is 1.07 bits per heavy atom. The number of para-hydroxylation sites is 3. The number of carbonyl (C=O) groups excluding carboxylic acids is 1. The maximum Gasteiger partial charge on any atom is 0.257 e. The number of anilines is 3. The number of hydrogen-bond acceptors (Lipinski definition) is 4. The second kappa shape index (κ2) is 7.72. The molecule has 28 heavy (non-hydrogen) atoms. The molecule has 1 aliphatic rings. The zero-order valence-corrected chi connectivity index (χ0v) is 16.1. The average molecular weight is 373 g/mol. The monoisotopic (exact) mass is 373 g/mol. The molecule has 2 heterocycles. The van der Waals surface area contributed by atoms with Crippen LogP contribution in [0.4, 0.5) is 17.2 Å². The highest BCUT2D eigenvalue weighted by atomic mass is 16.5. The van der Waals surface area contributed by atoms with Gasteiger partial charge in [-0.2, -0.15) is 0 Å². The summed E-state index contributed by atoms with van der Waals surface area (Å²) in [4.78, 5) is 19.4. The number of nitrogens with zero attached hydrogens (tertiary/aromatic N) is 2. The summed E-state index contributed by atoms with van der Waals surface area (Å²) in [6.07, 6.45) is 2.66. The Kier molecular flexibility index (Phi) is 4.98. The molecule has 0 bridgehead atoms. The smallest absolute Gasteiger partial charge is 0.257 e. The highest BCUT2D eigenvalue weighted by Gasteiger charge is 2.21. The molecule has 142 valence electrons. The first kappa shape index (κ1) is 18.0. The van der Waals surface area contributed by atoms with Crippen LogP contribution in [-0.4, -0.2) is 23.5 Å². The summed E-state index contributed by atoms with van der Waals surface area (Å²) in [5.41, 5.74) is 3.68. The number of benzene rings is 2. The molecular weight excluding hydrogens is 350 g/mol. The van der Waals surface area contributed by atoms with Crippen LogP contribution in [0.1, 0.15) is 29.8 Å². The lowest BCUT2D eigenvalue weighted by Gasteiger charge is -2.18. The van der Waals surface area contributed by atoms with E-state index in [0.29, 0.717) is 17.0 Å². The molecule has 1 aromatic heterocycles. The predicted octanol–water partition coefficient (Wildman–Crippen LogP) is 4.82. The van der Waals surface area contributed by atoms with Crippen LogP contribution in [-0.2, 0) is 6.42 Å². The Hall–Kier alpha value is -3.34. The van der Waals surface area contributed by atoms with Gasteiger partial charge in [-0.05, 0) is 56.2 Å². The van der Waals surface area contributed by atoms with E-state index in [4.69, 9.17) is 4.74 Å². The van der Waals surface area contributed by atoms with E-state index in [1.165, 1.54) is 11.3 Å². The maximum atomic E-state index is 12.7. The maximum absolute atomic E-state index is 12.7. The zero-order valence-electron chi connectivity index (χ0n) is 16.1. The number of carbonyl (C=O) groups is 1. The Morgan fingerprint density at radius 2 is 1.86 bits per heavy atom. The van der Waals surface area contributed by atoms with Gasteiger partial charge in [-0.25, -0.2) is 4.98 Å². The Bertz CT molecular complexity index is 983. The molecule has 3 aromatic rings. The molecule has 0 aliphatic carbocycles. The highest BCUT2D eigenvalue weighted by Crippen LogP contribution is 2.33. The van der Waals surface area contributed by atoms with Crippen LogP contribution in [0, 0.1) is 0 Å². The quantitative estimate of drug-likeness (QED) is 0.697. The predicted molar refractivity (Wildman–Crippen MR) is 112 cm³/mol. The Morgan fingerprint density at radius 3 is 2.64 bits per heavy atom. The number of nitrogens with one attached hydrogen (secondary N) is 1. The van der Waals surface area contributed by atoms with Crippen LogP contribution in [0.25, 0.3) is 0 Å². The SMILES string of the molecule is CC(C)Oc1ccccc1NC(=O)c1ccc(N2CCc3ccccc32)nc1. The number of ether oxygens (including phenoxy) is 1. The molecule has 4 rings (SSSR count). The van der Waals surface area contributed by atoms with E-state index in [0.717, 1.165) is 18.8 Å². The normalized spacial score (nSPS) is 12.8. The number of amides is 1. The van der Waals surface area contributed by atoms with E-state index < -0.39 is 0 Å². The van der Waals surface area contributed by atoms with Gasteiger partial charge in [0.25, 0.3) is 5.91 Å². The average Bonchev–Trinajstić information content (AvgIpc) is 3.13. The molecule has 5 nitrogen and oxygen atoms in total. The van der Waals surface area contributed by atoms with Crippen molar-refractivity contribution in [1.29, 1.82) is 0 Å². The van der Waals surface area contributed by atoms with Crippen LogP contribution >= 0.6 is 0 Å². The standard InChI is InChI=1S/C23H23N3O2/c1-16(2)28-21-10-6-4-8-19(21)25-23(27)18-11-12-22(24-15-18)26-14-13-17-7-3-5-9-20(17)26/h3-12,15-16H,13-14H2,1-2H3,(H,25,27). The number of aromatic nitrogens is 1. The third-order valence-electron chi connectivity index (χ3n) is 4.67. The topological polar surface area (TPSA) is 54.5 Å². The molecule has 0 spiro atoms. The van der Waals surface area contributed by atoms with E-state index in [2.05, 4.69) is 33.4 Å². The molecule has 0 radical (unpaired) electrons. The van der Waals surface area contributed by atoms with Gasteiger partial charge in [0.15, 0.2) is 0 Å². The molecule has 0 saturated carbocycles. The third-order valence-corrected chi connectivity index (χ3v) is 4.67. The lowest BCUT2D eigenvalue weighted by molar-refractivity contribution is 0.102. The van der Waals surface area contributed by atoms with Crippen LogP contribution in [0.2, 0.25) is 0 Å². The number of rotatable bonds is 5. The van der Waals surface area contributed by atoms with Crippen molar-refractivity contribution in [2.75, 3.05) is 16.8 Å². The van der Waals surface area contributed by atoms with Crippen LogP contribution in [0.5, 0.6) is 5.75 Å². The number of pyridine rings is 1. The van der Waals surface area contributed by atoms with Crippen molar-refractivity contribution in [1.82, 2.24) is 4.98 Å².